The van der Waals surface area contributed by atoms with E-state index in [2.05, 4.69) is 5.32 Å². The third-order valence-electron chi connectivity index (χ3n) is 2.56. The number of rotatable bonds is 4. The van der Waals surface area contributed by atoms with Crippen LogP contribution in [0.15, 0.2) is 48.5 Å². The van der Waals surface area contributed by atoms with E-state index in [-0.39, 0.29) is 5.82 Å². The van der Waals surface area contributed by atoms with Crippen LogP contribution in [0, 0.1) is 5.82 Å². The van der Waals surface area contributed by atoms with Crippen LogP contribution in [0.1, 0.15) is 11.1 Å². The fraction of sp³-hybridized carbons (Fsp3) is 0.0714. The molecule has 2 aromatic rings. The van der Waals surface area contributed by atoms with Crippen molar-refractivity contribution in [2.75, 3.05) is 5.32 Å². The smallest absolute Gasteiger partial charge is 0.123 e. The quantitative estimate of drug-likeness (QED) is 0.830. The number of nitrogens with one attached hydrogen (secondary N) is 1. The fourth-order valence-corrected chi connectivity index (χ4v) is 1.74. The molecule has 0 radical (unpaired) electrons. The van der Waals surface area contributed by atoms with Crippen molar-refractivity contribution in [3.05, 3.63) is 65.5 Å². The van der Waals surface area contributed by atoms with Gasteiger partial charge in [0.05, 0.1) is 0 Å². The third kappa shape index (κ3) is 3.28. The highest BCUT2D eigenvalue weighted by Gasteiger charge is 1.98. The Morgan fingerprint density at radius 1 is 1.17 bits per heavy atom. The minimum absolute atomic E-state index is 0.224. The Bertz CT molecular complexity index is 552. The Labute approximate surface area is 111 Å². The first kappa shape index (κ1) is 12.5. The number of thiocarbonyl (C=S) groups is 1. The van der Waals surface area contributed by atoms with Crippen LogP contribution in [-0.2, 0) is 6.54 Å². The van der Waals surface area contributed by atoms with E-state index < -0.39 is 0 Å². The van der Waals surface area contributed by atoms with Gasteiger partial charge in [0.25, 0.3) is 0 Å². The van der Waals surface area contributed by atoms with Gasteiger partial charge >= 0.3 is 0 Å². The number of hydrogen-bond donors (Lipinski definition) is 2. The summed E-state index contributed by atoms with van der Waals surface area (Å²) in [6.45, 7) is 0.574. The highest BCUT2D eigenvalue weighted by molar-refractivity contribution is 7.80. The topological polar surface area (TPSA) is 38.0 Å². The van der Waals surface area contributed by atoms with Crippen molar-refractivity contribution < 1.29 is 4.39 Å². The number of nitrogens with two attached hydrogens (primary N) is 1. The molecule has 0 fully saturated rings. The molecule has 0 saturated carbocycles. The van der Waals surface area contributed by atoms with Crippen molar-refractivity contribution in [1.29, 1.82) is 0 Å². The normalized spacial score (nSPS) is 10.1. The molecule has 0 amide bonds. The lowest BCUT2D eigenvalue weighted by atomic mass is 10.2. The summed E-state index contributed by atoms with van der Waals surface area (Å²) in [5.41, 5.74) is 8.19. The summed E-state index contributed by atoms with van der Waals surface area (Å²) < 4.78 is 13.0. The van der Waals surface area contributed by atoms with Gasteiger partial charge in [-0.1, -0.05) is 24.4 Å². The van der Waals surface area contributed by atoms with Crippen LogP contribution in [0.4, 0.5) is 10.1 Å². The lowest BCUT2D eigenvalue weighted by Crippen LogP contribution is -2.09. The Balaban J connectivity index is 2.00. The monoisotopic (exact) mass is 260 g/mol. The van der Waals surface area contributed by atoms with Crippen molar-refractivity contribution in [3.63, 3.8) is 0 Å². The maximum absolute atomic E-state index is 13.0. The van der Waals surface area contributed by atoms with Crippen molar-refractivity contribution in [3.8, 4) is 0 Å². The molecular weight excluding hydrogens is 247 g/mol. The lowest BCUT2D eigenvalue weighted by molar-refractivity contribution is 0.626. The van der Waals surface area contributed by atoms with E-state index in [0.717, 1.165) is 16.8 Å². The molecule has 0 aliphatic heterocycles. The van der Waals surface area contributed by atoms with E-state index >= 15 is 0 Å². The Hall–Kier alpha value is -1.94. The molecule has 0 aliphatic rings. The van der Waals surface area contributed by atoms with Gasteiger partial charge in [0.15, 0.2) is 0 Å². The molecule has 4 heteroatoms. The largest absolute Gasteiger partial charge is 0.389 e. The van der Waals surface area contributed by atoms with E-state index in [9.17, 15) is 4.39 Å². The summed E-state index contributed by atoms with van der Waals surface area (Å²) in [6, 6.07) is 14.0. The van der Waals surface area contributed by atoms with Gasteiger partial charge in [-0.05, 0) is 42.0 Å². The van der Waals surface area contributed by atoms with Gasteiger partial charge in [-0.15, -0.1) is 0 Å². The van der Waals surface area contributed by atoms with Gasteiger partial charge in [-0.25, -0.2) is 4.39 Å². The zero-order valence-electron chi connectivity index (χ0n) is 9.69. The molecule has 0 spiro atoms. The van der Waals surface area contributed by atoms with Crippen LogP contribution >= 0.6 is 12.2 Å². The Morgan fingerprint density at radius 3 is 2.50 bits per heavy atom. The van der Waals surface area contributed by atoms with E-state index in [1.807, 2.05) is 30.3 Å². The number of benzene rings is 2. The van der Waals surface area contributed by atoms with Crippen molar-refractivity contribution in [2.45, 2.75) is 6.54 Å². The highest BCUT2D eigenvalue weighted by atomic mass is 32.1. The van der Waals surface area contributed by atoms with Crippen LogP contribution in [0.2, 0.25) is 0 Å². The molecule has 0 saturated heterocycles. The van der Waals surface area contributed by atoms with Gasteiger partial charge in [0, 0.05) is 17.8 Å². The number of anilines is 1. The van der Waals surface area contributed by atoms with E-state index in [0.29, 0.717) is 11.5 Å². The van der Waals surface area contributed by atoms with Gasteiger partial charge in [0.2, 0.25) is 0 Å². The van der Waals surface area contributed by atoms with Gasteiger partial charge in [-0.2, -0.15) is 0 Å². The van der Waals surface area contributed by atoms with Crippen LogP contribution in [-0.4, -0.2) is 4.99 Å². The molecule has 0 atom stereocenters. The summed E-state index contributed by atoms with van der Waals surface area (Å²) in [7, 11) is 0. The second-order valence-electron chi connectivity index (χ2n) is 3.93. The standard InChI is InChI=1S/C14H13FN2S/c15-12-3-1-2-10(8-12)9-17-13-6-4-11(5-7-13)14(16)18/h1-8,17H,9H2,(H2,16,18). The third-order valence-corrected chi connectivity index (χ3v) is 2.79. The van der Waals surface area contributed by atoms with Crippen LogP contribution in [0.25, 0.3) is 0 Å². The predicted octanol–water partition coefficient (Wildman–Crippen LogP) is 3.07. The molecular formula is C14H13FN2S. The Morgan fingerprint density at radius 2 is 1.89 bits per heavy atom. The maximum Gasteiger partial charge on any atom is 0.123 e. The molecule has 0 heterocycles. The average molecular weight is 260 g/mol. The second-order valence-corrected chi connectivity index (χ2v) is 4.36. The molecule has 2 aromatic carbocycles. The molecule has 0 aliphatic carbocycles. The number of halogens is 1. The first-order valence-electron chi connectivity index (χ1n) is 5.53. The van der Waals surface area contributed by atoms with Crippen molar-refractivity contribution in [1.82, 2.24) is 0 Å². The van der Waals surface area contributed by atoms with E-state index in [4.69, 9.17) is 18.0 Å². The van der Waals surface area contributed by atoms with Gasteiger partial charge in [-0.3, -0.25) is 0 Å². The lowest BCUT2D eigenvalue weighted by Gasteiger charge is -2.07. The minimum atomic E-state index is -0.224. The summed E-state index contributed by atoms with van der Waals surface area (Å²) in [5, 5.41) is 3.20. The number of hydrogen-bond acceptors (Lipinski definition) is 2. The van der Waals surface area contributed by atoms with Gasteiger partial charge in [0.1, 0.15) is 10.8 Å². The summed E-state index contributed by atoms with van der Waals surface area (Å²) in [6.07, 6.45) is 0. The van der Waals surface area contributed by atoms with Crippen LogP contribution in [0.5, 0.6) is 0 Å². The first-order chi connectivity index (χ1) is 8.65. The molecule has 0 unspecified atom stereocenters. The molecule has 0 bridgehead atoms. The second kappa shape index (κ2) is 5.60. The predicted molar refractivity (Wildman–Crippen MR) is 76.1 cm³/mol. The van der Waals surface area contributed by atoms with Crippen LogP contribution < -0.4 is 11.1 Å². The average Bonchev–Trinajstić information content (AvgIpc) is 2.37. The zero-order valence-corrected chi connectivity index (χ0v) is 10.5. The summed E-state index contributed by atoms with van der Waals surface area (Å²) >= 11 is 4.88. The molecule has 2 nitrogen and oxygen atoms in total. The molecule has 18 heavy (non-hydrogen) atoms. The van der Waals surface area contributed by atoms with Crippen molar-refractivity contribution in [2.24, 2.45) is 5.73 Å². The van der Waals surface area contributed by atoms with Crippen molar-refractivity contribution >= 4 is 22.9 Å². The molecule has 0 aromatic heterocycles. The minimum Gasteiger partial charge on any atom is -0.389 e. The van der Waals surface area contributed by atoms with E-state index in [1.165, 1.54) is 12.1 Å². The summed E-state index contributed by atoms with van der Waals surface area (Å²) in [4.78, 5) is 0.381. The Kier molecular flexibility index (Phi) is 3.89. The summed E-state index contributed by atoms with van der Waals surface area (Å²) in [5.74, 6) is -0.224. The SMILES string of the molecule is NC(=S)c1ccc(NCc2cccc(F)c2)cc1. The molecule has 2 rings (SSSR count). The maximum atomic E-state index is 13.0. The highest BCUT2D eigenvalue weighted by Crippen LogP contribution is 2.12. The fourth-order valence-electron chi connectivity index (χ4n) is 1.60. The van der Waals surface area contributed by atoms with Gasteiger partial charge < -0.3 is 11.1 Å². The first-order valence-corrected chi connectivity index (χ1v) is 5.94. The van der Waals surface area contributed by atoms with Crippen LogP contribution in [0.3, 0.4) is 0 Å². The van der Waals surface area contributed by atoms with E-state index in [1.54, 1.807) is 6.07 Å². The molecule has 92 valence electrons. The zero-order chi connectivity index (χ0) is 13.0. The molecule has 3 N–H and O–H groups in total.